The fourth-order valence-corrected chi connectivity index (χ4v) is 3.23. The predicted octanol–water partition coefficient (Wildman–Crippen LogP) is 4.70. The summed E-state index contributed by atoms with van der Waals surface area (Å²) in [6.07, 6.45) is 3.28. The summed E-state index contributed by atoms with van der Waals surface area (Å²) in [6, 6.07) is 14.1. The number of amides is 1. The Labute approximate surface area is 156 Å². The summed E-state index contributed by atoms with van der Waals surface area (Å²) in [5, 5.41) is 2.94. The summed E-state index contributed by atoms with van der Waals surface area (Å²) in [5.41, 5.74) is 4.17. The molecule has 138 valence electrons. The maximum atomic E-state index is 12.5. The van der Waals surface area contributed by atoms with E-state index in [1.54, 1.807) is 6.92 Å². The number of hydrogen-bond donors (Lipinski definition) is 1. The van der Waals surface area contributed by atoms with E-state index in [2.05, 4.69) is 22.3 Å². The van der Waals surface area contributed by atoms with Crippen molar-refractivity contribution in [2.45, 2.75) is 46.1 Å². The van der Waals surface area contributed by atoms with Crippen LogP contribution in [0, 0.1) is 13.8 Å². The molecule has 4 nitrogen and oxygen atoms in total. The summed E-state index contributed by atoms with van der Waals surface area (Å²) in [4.78, 5) is 14.9. The molecule has 1 fully saturated rings. The van der Waals surface area contributed by atoms with Crippen LogP contribution in [0.4, 0.5) is 11.4 Å². The van der Waals surface area contributed by atoms with Gasteiger partial charge >= 0.3 is 0 Å². The van der Waals surface area contributed by atoms with Crippen molar-refractivity contribution >= 4 is 17.3 Å². The minimum absolute atomic E-state index is 0.142. The number of carbonyl (C=O) groups is 1. The van der Waals surface area contributed by atoms with E-state index in [0.717, 1.165) is 35.7 Å². The van der Waals surface area contributed by atoms with Gasteiger partial charge in [0.05, 0.1) is 0 Å². The third-order valence-electron chi connectivity index (χ3n) is 4.87. The molecule has 1 aliphatic heterocycles. The van der Waals surface area contributed by atoms with E-state index in [1.807, 2.05) is 44.2 Å². The summed E-state index contributed by atoms with van der Waals surface area (Å²) >= 11 is 0. The Kier molecular flexibility index (Phi) is 5.82. The Bertz CT molecular complexity index is 749. The van der Waals surface area contributed by atoms with Crippen molar-refractivity contribution in [3.05, 3.63) is 53.6 Å². The van der Waals surface area contributed by atoms with Crippen molar-refractivity contribution < 1.29 is 9.53 Å². The zero-order valence-corrected chi connectivity index (χ0v) is 15.9. The first-order chi connectivity index (χ1) is 12.5. The van der Waals surface area contributed by atoms with Crippen molar-refractivity contribution in [3.63, 3.8) is 0 Å². The highest BCUT2D eigenvalue weighted by atomic mass is 16.5. The van der Waals surface area contributed by atoms with Crippen LogP contribution in [-0.4, -0.2) is 25.1 Å². The van der Waals surface area contributed by atoms with E-state index >= 15 is 0 Å². The monoisotopic (exact) mass is 352 g/mol. The molecule has 4 heteroatoms. The van der Waals surface area contributed by atoms with Gasteiger partial charge in [-0.3, -0.25) is 4.79 Å². The van der Waals surface area contributed by atoms with Gasteiger partial charge in [-0.25, -0.2) is 0 Å². The van der Waals surface area contributed by atoms with E-state index in [4.69, 9.17) is 4.74 Å². The number of rotatable bonds is 5. The van der Waals surface area contributed by atoms with Crippen molar-refractivity contribution in [3.8, 4) is 5.75 Å². The molecule has 1 heterocycles. The molecule has 0 unspecified atom stereocenters. The number of benzene rings is 2. The van der Waals surface area contributed by atoms with E-state index in [-0.39, 0.29) is 5.91 Å². The van der Waals surface area contributed by atoms with Crippen molar-refractivity contribution in [2.24, 2.45) is 0 Å². The molecule has 2 aromatic carbocycles. The molecule has 0 radical (unpaired) electrons. The quantitative estimate of drug-likeness (QED) is 0.848. The standard InChI is InChI=1S/C22H28N2O2/c1-16-7-8-17(2)21(15-16)26-18(3)22(25)23-19-9-11-20(12-10-19)24-13-5-4-6-14-24/h7-12,15,18H,4-6,13-14H2,1-3H3,(H,23,25)/t18-/m1/s1. The first-order valence-electron chi connectivity index (χ1n) is 9.43. The lowest BCUT2D eigenvalue weighted by Crippen LogP contribution is -2.30. The third-order valence-corrected chi connectivity index (χ3v) is 4.87. The van der Waals surface area contributed by atoms with Gasteiger partial charge in [-0.05, 0) is 81.5 Å². The maximum absolute atomic E-state index is 12.5. The number of carbonyl (C=O) groups excluding carboxylic acids is 1. The fourth-order valence-electron chi connectivity index (χ4n) is 3.23. The Morgan fingerprint density at radius 1 is 1.04 bits per heavy atom. The van der Waals surface area contributed by atoms with E-state index in [1.165, 1.54) is 24.9 Å². The highest BCUT2D eigenvalue weighted by Crippen LogP contribution is 2.23. The van der Waals surface area contributed by atoms with Crippen LogP contribution in [0.2, 0.25) is 0 Å². The Balaban J connectivity index is 1.59. The lowest BCUT2D eigenvalue weighted by molar-refractivity contribution is -0.122. The summed E-state index contributed by atoms with van der Waals surface area (Å²) in [5.74, 6) is 0.615. The number of aryl methyl sites for hydroxylation is 2. The maximum Gasteiger partial charge on any atom is 0.265 e. The lowest BCUT2D eigenvalue weighted by Gasteiger charge is -2.28. The third kappa shape index (κ3) is 4.57. The summed E-state index contributed by atoms with van der Waals surface area (Å²) in [6.45, 7) is 8.01. The smallest absolute Gasteiger partial charge is 0.265 e. The summed E-state index contributed by atoms with van der Waals surface area (Å²) in [7, 11) is 0. The van der Waals surface area contributed by atoms with Gasteiger partial charge in [0.15, 0.2) is 6.10 Å². The molecule has 0 saturated carbocycles. The van der Waals surface area contributed by atoms with E-state index in [0.29, 0.717) is 0 Å². The Morgan fingerprint density at radius 3 is 2.42 bits per heavy atom. The Morgan fingerprint density at radius 2 is 1.73 bits per heavy atom. The zero-order valence-electron chi connectivity index (χ0n) is 15.9. The molecule has 0 aliphatic carbocycles. The van der Waals surface area contributed by atoms with E-state index in [9.17, 15) is 4.79 Å². The van der Waals surface area contributed by atoms with Gasteiger partial charge < -0.3 is 15.0 Å². The molecule has 1 atom stereocenters. The van der Waals surface area contributed by atoms with Crippen LogP contribution >= 0.6 is 0 Å². The number of nitrogens with zero attached hydrogens (tertiary/aromatic N) is 1. The fraction of sp³-hybridized carbons (Fsp3) is 0.409. The second kappa shape index (κ2) is 8.26. The molecule has 1 saturated heterocycles. The van der Waals surface area contributed by atoms with Crippen LogP contribution in [0.15, 0.2) is 42.5 Å². The molecule has 0 aromatic heterocycles. The first-order valence-corrected chi connectivity index (χ1v) is 9.43. The topological polar surface area (TPSA) is 41.6 Å². The molecule has 3 rings (SSSR count). The van der Waals surface area contributed by atoms with Crippen molar-refractivity contribution in [1.29, 1.82) is 0 Å². The van der Waals surface area contributed by atoms with Crippen LogP contribution in [0.5, 0.6) is 5.75 Å². The SMILES string of the molecule is Cc1ccc(C)c(O[C@H](C)C(=O)Nc2ccc(N3CCCCC3)cc2)c1. The summed E-state index contributed by atoms with van der Waals surface area (Å²) < 4.78 is 5.86. The normalized spacial score (nSPS) is 15.4. The zero-order chi connectivity index (χ0) is 18.5. The number of piperidine rings is 1. The molecule has 26 heavy (non-hydrogen) atoms. The van der Waals surface area contributed by atoms with Crippen LogP contribution in [-0.2, 0) is 4.79 Å². The van der Waals surface area contributed by atoms with Crippen LogP contribution in [0.1, 0.15) is 37.3 Å². The molecule has 1 N–H and O–H groups in total. The second-order valence-electron chi connectivity index (χ2n) is 7.11. The van der Waals surface area contributed by atoms with E-state index < -0.39 is 6.10 Å². The van der Waals surface area contributed by atoms with Crippen LogP contribution < -0.4 is 15.0 Å². The number of hydrogen-bond acceptors (Lipinski definition) is 3. The molecular formula is C22H28N2O2. The molecule has 1 aliphatic rings. The predicted molar refractivity (Wildman–Crippen MR) is 107 cm³/mol. The number of nitrogens with one attached hydrogen (secondary N) is 1. The molecule has 0 bridgehead atoms. The first kappa shape index (κ1) is 18.3. The molecular weight excluding hydrogens is 324 g/mol. The van der Waals surface area contributed by atoms with Gasteiger partial charge in [-0.1, -0.05) is 12.1 Å². The van der Waals surface area contributed by atoms with Gasteiger partial charge in [0.25, 0.3) is 5.91 Å². The average molecular weight is 352 g/mol. The second-order valence-corrected chi connectivity index (χ2v) is 7.11. The van der Waals surface area contributed by atoms with Gasteiger partial charge in [0.2, 0.25) is 0 Å². The Hall–Kier alpha value is -2.49. The van der Waals surface area contributed by atoms with Crippen LogP contribution in [0.25, 0.3) is 0 Å². The van der Waals surface area contributed by atoms with Gasteiger partial charge in [-0.2, -0.15) is 0 Å². The molecule has 1 amide bonds. The van der Waals surface area contributed by atoms with Gasteiger partial charge in [-0.15, -0.1) is 0 Å². The highest BCUT2D eigenvalue weighted by molar-refractivity contribution is 5.94. The highest BCUT2D eigenvalue weighted by Gasteiger charge is 2.16. The molecule has 2 aromatic rings. The van der Waals surface area contributed by atoms with Crippen molar-refractivity contribution in [2.75, 3.05) is 23.3 Å². The largest absolute Gasteiger partial charge is 0.481 e. The molecule has 0 spiro atoms. The van der Waals surface area contributed by atoms with Gasteiger partial charge in [0.1, 0.15) is 5.75 Å². The minimum Gasteiger partial charge on any atom is -0.481 e. The van der Waals surface area contributed by atoms with Crippen LogP contribution in [0.3, 0.4) is 0 Å². The number of anilines is 2. The van der Waals surface area contributed by atoms with Gasteiger partial charge in [0, 0.05) is 24.5 Å². The average Bonchev–Trinajstić information content (AvgIpc) is 2.66. The minimum atomic E-state index is -0.558. The number of ether oxygens (including phenoxy) is 1. The lowest BCUT2D eigenvalue weighted by atomic mass is 10.1. The van der Waals surface area contributed by atoms with Crippen molar-refractivity contribution in [1.82, 2.24) is 0 Å².